The number of rotatable bonds is 4. The fourth-order valence-electron chi connectivity index (χ4n) is 2.32. The van der Waals surface area contributed by atoms with E-state index >= 15 is 0 Å². The molecule has 0 saturated heterocycles. The van der Waals surface area contributed by atoms with Crippen molar-refractivity contribution < 1.29 is 9.47 Å². The normalized spacial score (nSPS) is 10.6. The number of nitrogens with one attached hydrogen (secondary N) is 1. The number of pyridine rings is 1. The molecule has 0 bridgehead atoms. The fraction of sp³-hybridized carbons (Fsp3) is 0.118. The highest BCUT2D eigenvalue weighted by Gasteiger charge is 2.11. The lowest BCUT2D eigenvalue weighted by Gasteiger charge is -2.13. The third kappa shape index (κ3) is 3.14. The maximum Gasteiger partial charge on any atom is 0.162 e. The van der Waals surface area contributed by atoms with Crippen LogP contribution in [0.5, 0.6) is 11.5 Å². The van der Waals surface area contributed by atoms with E-state index in [0.717, 1.165) is 22.3 Å². The van der Waals surface area contributed by atoms with E-state index in [4.69, 9.17) is 32.7 Å². The summed E-state index contributed by atoms with van der Waals surface area (Å²) in [5, 5.41) is 5.34. The summed E-state index contributed by atoms with van der Waals surface area (Å²) in [4.78, 5) is 4.37. The molecule has 4 nitrogen and oxygen atoms in total. The SMILES string of the molecule is COc1cc2nccc(Nc3ccc(Cl)cc3Cl)c2cc1OC. The van der Waals surface area contributed by atoms with Crippen molar-refractivity contribution in [1.82, 2.24) is 4.98 Å². The maximum absolute atomic E-state index is 6.23. The standard InChI is InChI=1S/C17H14Cl2N2O2/c1-22-16-8-11-13(5-6-20-15(11)9-17(16)23-2)21-14-4-3-10(18)7-12(14)19/h3-9H,1-2H3,(H,20,21). The monoisotopic (exact) mass is 348 g/mol. The Bertz CT molecular complexity index is 869. The highest BCUT2D eigenvalue weighted by molar-refractivity contribution is 6.36. The van der Waals surface area contributed by atoms with Crippen LogP contribution in [0, 0.1) is 0 Å². The molecule has 0 aliphatic rings. The van der Waals surface area contributed by atoms with Gasteiger partial charge in [0.1, 0.15) is 0 Å². The van der Waals surface area contributed by atoms with Crippen molar-refractivity contribution in [2.45, 2.75) is 0 Å². The van der Waals surface area contributed by atoms with E-state index in [1.165, 1.54) is 0 Å². The third-order valence-corrected chi connectivity index (χ3v) is 4.00. The second kappa shape index (κ2) is 6.52. The summed E-state index contributed by atoms with van der Waals surface area (Å²) in [6, 6.07) is 10.9. The number of fused-ring (bicyclic) bond motifs is 1. The zero-order valence-electron chi connectivity index (χ0n) is 12.6. The van der Waals surface area contributed by atoms with Crippen molar-refractivity contribution in [2.75, 3.05) is 19.5 Å². The predicted octanol–water partition coefficient (Wildman–Crippen LogP) is 5.30. The van der Waals surface area contributed by atoms with Crippen LogP contribution in [0.25, 0.3) is 10.9 Å². The number of nitrogens with zero attached hydrogens (tertiary/aromatic N) is 1. The molecule has 6 heteroatoms. The Kier molecular flexibility index (Phi) is 4.46. The van der Waals surface area contributed by atoms with Crippen LogP contribution < -0.4 is 14.8 Å². The van der Waals surface area contributed by atoms with E-state index in [0.29, 0.717) is 21.5 Å². The minimum atomic E-state index is 0.544. The number of anilines is 2. The summed E-state index contributed by atoms with van der Waals surface area (Å²) in [5.41, 5.74) is 2.41. The summed E-state index contributed by atoms with van der Waals surface area (Å²) < 4.78 is 10.7. The van der Waals surface area contributed by atoms with Crippen molar-refractivity contribution >= 4 is 45.5 Å². The first-order valence-corrected chi connectivity index (χ1v) is 7.61. The lowest BCUT2D eigenvalue weighted by molar-refractivity contribution is 0.356. The van der Waals surface area contributed by atoms with Crippen LogP contribution in [-0.4, -0.2) is 19.2 Å². The smallest absolute Gasteiger partial charge is 0.162 e. The largest absolute Gasteiger partial charge is 0.493 e. The number of methoxy groups -OCH3 is 2. The van der Waals surface area contributed by atoms with Gasteiger partial charge in [-0.25, -0.2) is 0 Å². The first-order valence-electron chi connectivity index (χ1n) is 6.85. The zero-order chi connectivity index (χ0) is 16.4. The molecule has 0 aliphatic carbocycles. The maximum atomic E-state index is 6.23. The van der Waals surface area contributed by atoms with Crippen molar-refractivity contribution in [1.29, 1.82) is 0 Å². The van der Waals surface area contributed by atoms with Crippen LogP contribution in [0.3, 0.4) is 0 Å². The summed E-state index contributed by atoms with van der Waals surface area (Å²) in [7, 11) is 3.20. The highest BCUT2D eigenvalue weighted by atomic mass is 35.5. The van der Waals surface area contributed by atoms with Crippen molar-refractivity contribution in [3.05, 3.63) is 52.6 Å². The average Bonchev–Trinajstić information content (AvgIpc) is 2.56. The number of ether oxygens (including phenoxy) is 2. The Balaban J connectivity index is 2.10. The van der Waals surface area contributed by atoms with E-state index in [1.54, 1.807) is 32.5 Å². The van der Waals surface area contributed by atoms with Gasteiger partial charge in [0, 0.05) is 28.4 Å². The molecule has 0 radical (unpaired) electrons. The minimum Gasteiger partial charge on any atom is -0.493 e. The van der Waals surface area contributed by atoms with Gasteiger partial charge < -0.3 is 14.8 Å². The van der Waals surface area contributed by atoms with Crippen LogP contribution in [0.2, 0.25) is 10.0 Å². The average molecular weight is 349 g/mol. The predicted molar refractivity (Wildman–Crippen MR) is 94.6 cm³/mol. The number of aromatic nitrogens is 1. The lowest BCUT2D eigenvalue weighted by Crippen LogP contribution is -1.96. The van der Waals surface area contributed by atoms with Crippen LogP contribution in [-0.2, 0) is 0 Å². The van der Waals surface area contributed by atoms with E-state index in [9.17, 15) is 0 Å². The molecule has 118 valence electrons. The van der Waals surface area contributed by atoms with E-state index < -0.39 is 0 Å². The minimum absolute atomic E-state index is 0.544. The van der Waals surface area contributed by atoms with E-state index in [-0.39, 0.29) is 0 Å². The van der Waals surface area contributed by atoms with Gasteiger partial charge in [0.2, 0.25) is 0 Å². The Hall–Kier alpha value is -2.17. The molecular formula is C17H14Cl2N2O2. The Labute approximate surface area is 144 Å². The van der Waals surface area contributed by atoms with Gasteiger partial charge in [0.05, 0.1) is 30.4 Å². The van der Waals surface area contributed by atoms with Gasteiger partial charge >= 0.3 is 0 Å². The van der Waals surface area contributed by atoms with Crippen LogP contribution >= 0.6 is 23.2 Å². The first kappa shape index (κ1) is 15.7. The summed E-state index contributed by atoms with van der Waals surface area (Å²) in [5.74, 6) is 1.27. The number of halogens is 2. The molecule has 0 aliphatic heterocycles. The molecule has 0 fully saturated rings. The summed E-state index contributed by atoms with van der Waals surface area (Å²) in [6.07, 6.45) is 1.72. The van der Waals surface area contributed by atoms with Gasteiger partial charge in [0.15, 0.2) is 11.5 Å². The molecule has 23 heavy (non-hydrogen) atoms. The Morgan fingerprint density at radius 3 is 2.35 bits per heavy atom. The second-order valence-electron chi connectivity index (χ2n) is 4.83. The Morgan fingerprint density at radius 2 is 1.65 bits per heavy atom. The molecule has 0 atom stereocenters. The van der Waals surface area contributed by atoms with Gasteiger partial charge in [0.25, 0.3) is 0 Å². The molecule has 0 unspecified atom stereocenters. The molecule has 1 aromatic heterocycles. The van der Waals surface area contributed by atoms with Gasteiger partial charge in [-0.1, -0.05) is 23.2 Å². The summed E-state index contributed by atoms with van der Waals surface area (Å²) in [6.45, 7) is 0. The molecular weight excluding hydrogens is 335 g/mol. The van der Waals surface area contributed by atoms with Gasteiger partial charge in [-0.15, -0.1) is 0 Å². The molecule has 1 heterocycles. The molecule has 3 aromatic rings. The van der Waals surface area contributed by atoms with Crippen molar-refractivity contribution in [3.8, 4) is 11.5 Å². The van der Waals surface area contributed by atoms with Crippen molar-refractivity contribution in [2.24, 2.45) is 0 Å². The third-order valence-electron chi connectivity index (χ3n) is 3.45. The zero-order valence-corrected chi connectivity index (χ0v) is 14.1. The first-order chi connectivity index (χ1) is 11.1. The second-order valence-corrected chi connectivity index (χ2v) is 5.68. The van der Waals surface area contributed by atoms with E-state index in [2.05, 4.69) is 10.3 Å². The van der Waals surface area contributed by atoms with Gasteiger partial charge in [-0.3, -0.25) is 4.98 Å². The number of hydrogen-bond donors (Lipinski definition) is 1. The van der Waals surface area contributed by atoms with E-state index in [1.807, 2.05) is 24.3 Å². The van der Waals surface area contributed by atoms with Crippen LogP contribution in [0.4, 0.5) is 11.4 Å². The fourth-order valence-corrected chi connectivity index (χ4v) is 2.77. The highest BCUT2D eigenvalue weighted by Crippen LogP contribution is 2.36. The van der Waals surface area contributed by atoms with Crippen LogP contribution in [0.15, 0.2) is 42.6 Å². The Morgan fingerprint density at radius 1 is 0.913 bits per heavy atom. The molecule has 0 saturated carbocycles. The molecule has 3 rings (SSSR count). The molecule has 2 aromatic carbocycles. The van der Waals surface area contributed by atoms with Crippen molar-refractivity contribution in [3.63, 3.8) is 0 Å². The molecule has 1 N–H and O–H groups in total. The number of benzene rings is 2. The molecule has 0 amide bonds. The quantitative estimate of drug-likeness (QED) is 0.694. The van der Waals surface area contributed by atoms with Gasteiger partial charge in [-0.05, 0) is 30.3 Å². The van der Waals surface area contributed by atoms with Gasteiger partial charge in [-0.2, -0.15) is 0 Å². The van der Waals surface area contributed by atoms with Crippen LogP contribution in [0.1, 0.15) is 0 Å². The molecule has 0 spiro atoms. The topological polar surface area (TPSA) is 43.4 Å². The summed E-state index contributed by atoms with van der Waals surface area (Å²) >= 11 is 12.2. The number of hydrogen-bond acceptors (Lipinski definition) is 4. The lowest BCUT2D eigenvalue weighted by atomic mass is 10.1.